The summed E-state index contributed by atoms with van der Waals surface area (Å²) in [4.78, 5) is 6.69. The summed E-state index contributed by atoms with van der Waals surface area (Å²) >= 11 is 0. The van der Waals surface area contributed by atoms with Crippen LogP contribution in [-0.4, -0.2) is 53.6 Å². The molecular weight excluding hydrogens is 430 g/mol. The fraction of sp³-hybridized carbons (Fsp3) is 0.320. The average Bonchev–Trinajstić information content (AvgIpc) is 3.61. The molecule has 1 atom stereocenters. The predicted octanol–water partition coefficient (Wildman–Crippen LogP) is 3.54. The second kappa shape index (κ2) is 9.56. The van der Waals surface area contributed by atoms with Gasteiger partial charge in [-0.15, -0.1) is 5.10 Å². The maximum absolute atomic E-state index is 9.19. The number of amidine groups is 1. The van der Waals surface area contributed by atoms with Crippen molar-refractivity contribution in [3.05, 3.63) is 71.7 Å². The van der Waals surface area contributed by atoms with Crippen LogP contribution in [0.25, 0.3) is 22.6 Å². The van der Waals surface area contributed by atoms with Gasteiger partial charge in [-0.05, 0) is 30.9 Å². The van der Waals surface area contributed by atoms with Crippen molar-refractivity contribution in [2.75, 3.05) is 6.54 Å². The van der Waals surface area contributed by atoms with Crippen LogP contribution in [0.1, 0.15) is 36.8 Å². The zero-order valence-corrected chi connectivity index (χ0v) is 19.1. The minimum Gasteiger partial charge on any atom is -0.392 e. The Bertz CT molecular complexity index is 1260. The largest absolute Gasteiger partial charge is 0.392 e. The van der Waals surface area contributed by atoms with Gasteiger partial charge in [-0.3, -0.25) is 5.41 Å². The highest BCUT2D eigenvalue weighted by atomic mass is 16.5. The molecule has 34 heavy (non-hydrogen) atoms. The predicted molar refractivity (Wildman–Crippen MR) is 127 cm³/mol. The number of nitrogens with one attached hydrogen (secondary N) is 1. The van der Waals surface area contributed by atoms with E-state index in [1.165, 1.54) is 0 Å². The van der Waals surface area contributed by atoms with E-state index in [0.717, 1.165) is 47.3 Å². The zero-order chi connectivity index (χ0) is 23.5. The van der Waals surface area contributed by atoms with E-state index in [9.17, 15) is 5.11 Å². The summed E-state index contributed by atoms with van der Waals surface area (Å²) < 4.78 is 7.30. The van der Waals surface area contributed by atoms with E-state index in [-0.39, 0.29) is 12.6 Å². The molecule has 1 fully saturated rings. The lowest BCUT2D eigenvalue weighted by atomic mass is 10.1. The van der Waals surface area contributed by atoms with Crippen LogP contribution < -0.4 is 0 Å². The highest BCUT2D eigenvalue weighted by Gasteiger charge is 2.27. The maximum atomic E-state index is 9.19. The highest BCUT2D eigenvalue weighted by molar-refractivity contribution is 5.76. The SMILES string of the molecule is CC(=N)N1CCCC1Cc1nc(-c2ccc(Cn3cc(-c4ccc(CO)cc4)nn3)cc2)no1. The van der Waals surface area contributed by atoms with Gasteiger partial charge in [-0.2, -0.15) is 4.98 Å². The molecule has 0 saturated carbocycles. The Kier molecular flexibility index (Phi) is 6.18. The van der Waals surface area contributed by atoms with E-state index in [0.29, 0.717) is 30.5 Å². The van der Waals surface area contributed by atoms with E-state index in [2.05, 4.69) is 25.4 Å². The molecule has 0 aliphatic carbocycles. The van der Waals surface area contributed by atoms with Crippen LogP contribution in [-0.2, 0) is 19.6 Å². The molecule has 2 N–H and O–H groups in total. The van der Waals surface area contributed by atoms with Crippen LogP contribution in [0, 0.1) is 5.41 Å². The van der Waals surface area contributed by atoms with Gasteiger partial charge in [-0.25, -0.2) is 4.68 Å². The third-order valence-corrected chi connectivity index (χ3v) is 6.21. The van der Waals surface area contributed by atoms with Crippen molar-refractivity contribution in [3.8, 4) is 22.6 Å². The van der Waals surface area contributed by atoms with Crippen LogP contribution in [0.2, 0.25) is 0 Å². The summed E-state index contributed by atoms with van der Waals surface area (Å²) in [6, 6.07) is 15.9. The Morgan fingerprint density at radius 2 is 1.82 bits per heavy atom. The summed E-state index contributed by atoms with van der Waals surface area (Å²) in [7, 11) is 0. The smallest absolute Gasteiger partial charge is 0.229 e. The van der Waals surface area contributed by atoms with Crippen LogP contribution in [0.15, 0.2) is 59.3 Å². The third kappa shape index (κ3) is 4.74. The van der Waals surface area contributed by atoms with Crippen LogP contribution >= 0.6 is 0 Å². The maximum Gasteiger partial charge on any atom is 0.229 e. The topological polar surface area (TPSA) is 117 Å². The molecule has 0 radical (unpaired) electrons. The Balaban J connectivity index is 1.22. The molecule has 3 heterocycles. The van der Waals surface area contributed by atoms with Gasteiger partial charge in [0.2, 0.25) is 11.7 Å². The molecule has 4 aromatic rings. The van der Waals surface area contributed by atoms with Gasteiger partial charge in [0.1, 0.15) is 5.69 Å². The van der Waals surface area contributed by atoms with E-state index < -0.39 is 0 Å². The van der Waals surface area contributed by atoms with Crippen LogP contribution in [0.5, 0.6) is 0 Å². The first-order valence-electron chi connectivity index (χ1n) is 11.4. The number of nitrogens with zero attached hydrogens (tertiary/aromatic N) is 6. The van der Waals surface area contributed by atoms with Gasteiger partial charge >= 0.3 is 0 Å². The summed E-state index contributed by atoms with van der Waals surface area (Å²) in [6.45, 7) is 3.37. The Hall–Kier alpha value is -3.85. The molecular formula is C25H27N7O2. The molecule has 0 amide bonds. The lowest BCUT2D eigenvalue weighted by Crippen LogP contribution is -2.34. The van der Waals surface area contributed by atoms with Gasteiger partial charge in [0, 0.05) is 30.1 Å². The number of hydrogen-bond donors (Lipinski definition) is 2. The Morgan fingerprint density at radius 1 is 1.09 bits per heavy atom. The van der Waals surface area contributed by atoms with Crippen molar-refractivity contribution in [2.45, 2.75) is 45.4 Å². The molecule has 0 spiro atoms. The summed E-state index contributed by atoms with van der Waals surface area (Å²) in [5.74, 6) is 1.78. The van der Waals surface area contributed by atoms with Crippen molar-refractivity contribution in [1.29, 1.82) is 5.41 Å². The van der Waals surface area contributed by atoms with Crippen molar-refractivity contribution in [1.82, 2.24) is 30.0 Å². The van der Waals surface area contributed by atoms with Gasteiger partial charge in [0.25, 0.3) is 0 Å². The van der Waals surface area contributed by atoms with Gasteiger partial charge in [0.05, 0.1) is 25.2 Å². The zero-order valence-electron chi connectivity index (χ0n) is 19.1. The normalized spacial score (nSPS) is 15.7. The standard InChI is InChI=1S/C25H27N7O2/c1-17(26)32-12-2-3-22(32)13-24-27-25(29-34-24)21-10-4-18(5-11-21)14-31-15-23(28-30-31)20-8-6-19(16-33)7-9-20/h4-11,15,22,26,33H,2-3,12-14,16H2,1H3. The molecule has 1 unspecified atom stereocenters. The summed E-state index contributed by atoms with van der Waals surface area (Å²) in [6.07, 6.45) is 4.71. The second-order valence-corrected chi connectivity index (χ2v) is 8.64. The van der Waals surface area contributed by atoms with Gasteiger partial charge in [-0.1, -0.05) is 58.9 Å². The van der Waals surface area contributed by atoms with Crippen molar-refractivity contribution >= 4 is 5.84 Å². The Labute approximate surface area is 197 Å². The molecule has 1 aliphatic rings. The first kappa shape index (κ1) is 22.0. The molecule has 2 aromatic carbocycles. The number of benzene rings is 2. The number of aliphatic hydroxyl groups is 1. The number of likely N-dealkylation sites (tertiary alicyclic amines) is 1. The Morgan fingerprint density at radius 3 is 2.56 bits per heavy atom. The van der Waals surface area contributed by atoms with Crippen molar-refractivity contribution < 1.29 is 9.63 Å². The third-order valence-electron chi connectivity index (χ3n) is 6.21. The molecule has 174 valence electrons. The lowest BCUT2D eigenvalue weighted by Gasteiger charge is -2.23. The summed E-state index contributed by atoms with van der Waals surface area (Å²) in [5.41, 5.74) is 4.60. The molecule has 1 aliphatic heterocycles. The number of aliphatic hydroxyl groups excluding tert-OH is 1. The lowest BCUT2D eigenvalue weighted by molar-refractivity contribution is 0.282. The van der Waals surface area contributed by atoms with E-state index in [1.54, 1.807) is 4.68 Å². The van der Waals surface area contributed by atoms with Crippen LogP contribution in [0.3, 0.4) is 0 Å². The minimum atomic E-state index is 0.0255. The van der Waals surface area contributed by atoms with Crippen LogP contribution in [0.4, 0.5) is 0 Å². The molecule has 1 saturated heterocycles. The molecule has 0 bridgehead atoms. The van der Waals surface area contributed by atoms with Crippen molar-refractivity contribution in [3.63, 3.8) is 0 Å². The van der Waals surface area contributed by atoms with E-state index in [1.807, 2.05) is 61.7 Å². The minimum absolute atomic E-state index is 0.0255. The number of rotatable bonds is 7. The quantitative estimate of drug-likeness (QED) is 0.322. The highest BCUT2D eigenvalue weighted by Crippen LogP contribution is 2.23. The fourth-order valence-corrected chi connectivity index (χ4v) is 4.38. The molecule has 9 nitrogen and oxygen atoms in total. The van der Waals surface area contributed by atoms with E-state index in [4.69, 9.17) is 9.93 Å². The molecule has 2 aromatic heterocycles. The van der Waals surface area contributed by atoms with Gasteiger partial charge in [0.15, 0.2) is 0 Å². The first-order valence-corrected chi connectivity index (χ1v) is 11.4. The summed E-state index contributed by atoms with van der Waals surface area (Å²) in [5, 5.41) is 29.8. The first-order chi connectivity index (χ1) is 16.6. The molecule has 5 rings (SSSR count). The number of hydrogen-bond acceptors (Lipinski definition) is 7. The van der Waals surface area contributed by atoms with E-state index >= 15 is 0 Å². The van der Waals surface area contributed by atoms with Crippen molar-refractivity contribution in [2.24, 2.45) is 0 Å². The number of aromatic nitrogens is 5. The monoisotopic (exact) mass is 457 g/mol. The average molecular weight is 458 g/mol. The molecule has 9 heteroatoms. The second-order valence-electron chi connectivity index (χ2n) is 8.64. The fourth-order valence-electron chi connectivity index (χ4n) is 4.38. The van der Waals surface area contributed by atoms with Gasteiger partial charge < -0.3 is 14.5 Å².